The molecule has 0 saturated heterocycles. The molecule has 0 amide bonds. The molecule has 5 heteroatoms. The molecule has 0 saturated carbocycles. The van der Waals surface area contributed by atoms with Crippen LogP contribution in [0.25, 0.3) is 0 Å². The van der Waals surface area contributed by atoms with Crippen molar-refractivity contribution in [3.8, 4) is 5.88 Å². The number of pyridine rings is 1. The van der Waals surface area contributed by atoms with Crippen molar-refractivity contribution in [2.75, 3.05) is 7.11 Å². The zero-order chi connectivity index (χ0) is 14.7. The number of hydrogen-bond acceptors (Lipinski definition) is 5. The molecule has 0 N–H and O–H groups in total. The molecular formula is C16H17N3O2. The molecule has 0 aliphatic heterocycles. The predicted molar refractivity (Wildman–Crippen MR) is 77.5 cm³/mol. The second kappa shape index (κ2) is 5.99. The van der Waals surface area contributed by atoms with Crippen LogP contribution in [-0.2, 0) is 12.8 Å². The Bertz CT molecular complexity index is 653. The summed E-state index contributed by atoms with van der Waals surface area (Å²) in [5.41, 5.74) is 2.61. The van der Waals surface area contributed by atoms with E-state index in [9.17, 15) is 4.79 Å². The van der Waals surface area contributed by atoms with Gasteiger partial charge >= 0.3 is 0 Å². The zero-order valence-electron chi connectivity index (χ0n) is 12.0. The maximum Gasteiger partial charge on any atom is 0.212 e. The number of aromatic nitrogens is 3. The number of methoxy groups -OCH3 is 1. The molecule has 2 aromatic rings. The van der Waals surface area contributed by atoms with Crippen molar-refractivity contribution < 1.29 is 9.53 Å². The Balaban J connectivity index is 1.82. The fourth-order valence-electron chi connectivity index (χ4n) is 2.50. The monoisotopic (exact) mass is 283 g/mol. The Morgan fingerprint density at radius 2 is 2.00 bits per heavy atom. The third-order valence-electron chi connectivity index (χ3n) is 3.65. The van der Waals surface area contributed by atoms with Crippen LogP contribution in [0, 0.1) is 0 Å². The number of nitrogens with zero attached hydrogens (tertiary/aromatic N) is 3. The van der Waals surface area contributed by atoms with E-state index in [0.717, 1.165) is 36.3 Å². The summed E-state index contributed by atoms with van der Waals surface area (Å²) in [5.74, 6) is 1.49. The SMILES string of the molecule is COc1ccc(Cc2ncc3c(n2)CCCCC3=O)cn1. The highest BCUT2D eigenvalue weighted by molar-refractivity contribution is 5.97. The normalized spacial score (nSPS) is 14.4. The van der Waals surface area contributed by atoms with E-state index in [1.807, 2.05) is 12.1 Å². The fraction of sp³-hybridized carbons (Fsp3) is 0.375. The minimum atomic E-state index is 0.167. The van der Waals surface area contributed by atoms with Crippen molar-refractivity contribution in [3.63, 3.8) is 0 Å². The molecule has 2 heterocycles. The first-order valence-electron chi connectivity index (χ1n) is 7.13. The summed E-state index contributed by atoms with van der Waals surface area (Å²) in [7, 11) is 1.59. The van der Waals surface area contributed by atoms with Crippen molar-refractivity contribution in [1.82, 2.24) is 15.0 Å². The smallest absolute Gasteiger partial charge is 0.212 e. The molecule has 2 aromatic heterocycles. The average molecular weight is 283 g/mol. The average Bonchev–Trinajstić information content (AvgIpc) is 2.70. The van der Waals surface area contributed by atoms with E-state index < -0.39 is 0 Å². The van der Waals surface area contributed by atoms with Crippen LogP contribution in [0.15, 0.2) is 24.5 Å². The van der Waals surface area contributed by atoms with Gasteiger partial charge in [-0.05, 0) is 24.8 Å². The molecule has 3 rings (SSSR count). The third kappa shape index (κ3) is 3.07. The van der Waals surface area contributed by atoms with Gasteiger partial charge in [0.2, 0.25) is 5.88 Å². The van der Waals surface area contributed by atoms with Crippen LogP contribution in [-0.4, -0.2) is 27.8 Å². The molecule has 5 nitrogen and oxygen atoms in total. The molecule has 0 aromatic carbocycles. The highest BCUT2D eigenvalue weighted by atomic mass is 16.5. The lowest BCUT2D eigenvalue weighted by molar-refractivity contribution is 0.0981. The van der Waals surface area contributed by atoms with Gasteiger partial charge in [0, 0.05) is 31.3 Å². The molecule has 0 bridgehead atoms. The number of fused-ring (bicyclic) bond motifs is 1. The fourth-order valence-corrected chi connectivity index (χ4v) is 2.50. The molecule has 21 heavy (non-hydrogen) atoms. The number of carbonyl (C=O) groups excluding carboxylic acids is 1. The summed E-state index contributed by atoms with van der Waals surface area (Å²) in [6.45, 7) is 0. The van der Waals surface area contributed by atoms with E-state index in [1.165, 1.54) is 0 Å². The topological polar surface area (TPSA) is 65.0 Å². The molecule has 1 aliphatic carbocycles. The lowest BCUT2D eigenvalue weighted by Gasteiger charge is -2.06. The van der Waals surface area contributed by atoms with Gasteiger partial charge in [-0.25, -0.2) is 15.0 Å². The first-order chi connectivity index (χ1) is 10.3. The van der Waals surface area contributed by atoms with E-state index in [-0.39, 0.29) is 5.78 Å². The van der Waals surface area contributed by atoms with E-state index in [2.05, 4.69) is 15.0 Å². The van der Waals surface area contributed by atoms with Crippen LogP contribution in [0.4, 0.5) is 0 Å². The zero-order valence-corrected chi connectivity index (χ0v) is 12.0. The molecule has 0 fully saturated rings. The maximum atomic E-state index is 11.9. The molecule has 108 valence electrons. The Hall–Kier alpha value is -2.30. The standard InChI is InChI=1S/C16H17N3O2/c1-21-16-7-6-11(9-18-16)8-15-17-10-12-13(19-15)4-2-3-5-14(12)20/h6-7,9-10H,2-5,8H2,1H3. The van der Waals surface area contributed by atoms with E-state index in [1.54, 1.807) is 19.5 Å². The first-order valence-corrected chi connectivity index (χ1v) is 7.13. The van der Waals surface area contributed by atoms with Gasteiger partial charge in [-0.2, -0.15) is 0 Å². The summed E-state index contributed by atoms with van der Waals surface area (Å²) >= 11 is 0. The number of hydrogen-bond donors (Lipinski definition) is 0. The molecule has 0 atom stereocenters. The lowest BCUT2D eigenvalue weighted by Crippen LogP contribution is -2.07. The van der Waals surface area contributed by atoms with Crippen LogP contribution >= 0.6 is 0 Å². The molecule has 0 spiro atoms. The number of aryl methyl sites for hydroxylation is 1. The highest BCUT2D eigenvalue weighted by Gasteiger charge is 2.17. The second-order valence-electron chi connectivity index (χ2n) is 5.16. The predicted octanol–water partition coefficient (Wildman–Crippen LogP) is 2.38. The number of carbonyl (C=O) groups is 1. The summed E-state index contributed by atoms with van der Waals surface area (Å²) in [5, 5.41) is 0. The maximum absolute atomic E-state index is 11.9. The van der Waals surface area contributed by atoms with E-state index >= 15 is 0 Å². The van der Waals surface area contributed by atoms with E-state index in [4.69, 9.17) is 4.74 Å². The van der Waals surface area contributed by atoms with Gasteiger partial charge in [0.05, 0.1) is 18.4 Å². The Morgan fingerprint density at radius 1 is 1.14 bits per heavy atom. The number of ketones is 1. The van der Waals surface area contributed by atoms with Crippen LogP contribution in [0.1, 0.15) is 46.7 Å². The molecule has 1 aliphatic rings. The highest BCUT2D eigenvalue weighted by Crippen LogP contribution is 2.19. The van der Waals surface area contributed by atoms with Crippen LogP contribution in [0.2, 0.25) is 0 Å². The quantitative estimate of drug-likeness (QED) is 0.809. The van der Waals surface area contributed by atoms with Crippen LogP contribution in [0.3, 0.4) is 0 Å². The lowest BCUT2D eigenvalue weighted by atomic mass is 10.1. The van der Waals surface area contributed by atoms with Gasteiger partial charge in [0.25, 0.3) is 0 Å². The van der Waals surface area contributed by atoms with Gasteiger partial charge in [-0.15, -0.1) is 0 Å². The number of ether oxygens (including phenoxy) is 1. The van der Waals surface area contributed by atoms with Crippen molar-refractivity contribution in [1.29, 1.82) is 0 Å². The molecular weight excluding hydrogens is 266 g/mol. The van der Waals surface area contributed by atoms with Gasteiger partial charge < -0.3 is 4.74 Å². The Labute approximate surface area is 123 Å². The summed E-state index contributed by atoms with van der Waals surface area (Å²) < 4.78 is 5.04. The van der Waals surface area contributed by atoms with Crippen molar-refractivity contribution in [2.45, 2.75) is 32.1 Å². The first kappa shape index (κ1) is 13.7. The summed E-state index contributed by atoms with van der Waals surface area (Å²) in [6.07, 6.45) is 7.47. The summed E-state index contributed by atoms with van der Waals surface area (Å²) in [6, 6.07) is 3.77. The third-order valence-corrected chi connectivity index (χ3v) is 3.65. The summed E-state index contributed by atoms with van der Waals surface area (Å²) in [4.78, 5) is 25.0. The minimum Gasteiger partial charge on any atom is -0.481 e. The van der Waals surface area contributed by atoms with Gasteiger partial charge in [0.15, 0.2) is 5.78 Å². The van der Waals surface area contributed by atoms with Gasteiger partial charge in [0.1, 0.15) is 5.82 Å². The van der Waals surface area contributed by atoms with Crippen LogP contribution in [0.5, 0.6) is 5.88 Å². The van der Waals surface area contributed by atoms with Crippen LogP contribution < -0.4 is 4.74 Å². The van der Waals surface area contributed by atoms with Crippen molar-refractivity contribution in [3.05, 3.63) is 47.2 Å². The van der Waals surface area contributed by atoms with Gasteiger partial charge in [-0.1, -0.05) is 6.07 Å². The van der Waals surface area contributed by atoms with Crippen molar-refractivity contribution >= 4 is 5.78 Å². The second-order valence-corrected chi connectivity index (χ2v) is 5.16. The molecule has 0 radical (unpaired) electrons. The number of rotatable bonds is 3. The Morgan fingerprint density at radius 3 is 2.76 bits per heavy atom. The Kier molecular flexibility index (Phi) is 3.90. The van der Waals surface area contributed by atoms with E-state index in [0.29, 0.717) is 24.3 Å². The largest absolute Gasteiger partial charge is 0.481 e. The number of Topliss-reactive ketones (excluding diaryl/α,β-unsaturated/α-hetero) is 1. The molecule has 0 unspecified atom stereocenters. The van der Waals surface area contributed by atoms with Gasteiger partial charge in [-0.3, -0.25) is 4.79 Å². The minimum absolute atomic E-state index is 0.167. The van der Waals surface area contributed by atoms with Crippen molar-refractivity contribution in [2.24, 2.45) is 0 Å².